The molecule has 1 unspecified atom stereocenters. The molecule has 6 heteroatoms. The average Bonchev–Trinajstić information content (AvgIpc) is 2.79. The summed E-state index contributed by atoms with van der Waals surface area (Å²) in [5.74, 6) is 1.41. The molecule has 2 nitrogen and oxygen atoms in total. The minimum Gasteiger partial charge on any atom is -0.490 e. The van der Waals surface area contributed by atoms with Crippen LogP contribution in [0.4, 0.5) is 0 Å². The van der Waals surface area contributed by atoms with Gasteiger partial charge < -0.3 is 9.47 Å². The Balaban J connectivity index is 1.55. The molecule has 1 fully saturated rings. The lowest BCUT2D eigenvalue weighted by Gasteiger charge is -2.32. The molecular weight excluding hydrogens is 414 g/mol. The molecule has 136 valence electrons. The fourth-order valence-electron chi connectivity index (χ4n) is 3.44. The SMILES string of the molecule is Clc1ccc(COC2=C(Cc3ccc(Cl)cc3Cl)CC3CO[C@@H]23)c(Cl)c1. The summed E-state index contributed by atoms with van der Waals surface area (Å²) in [5, 5.41) is 2.52. The minimum atomic E-state index is 0.0437. The fraction of sp³-hybridized carbons (Fsp3) is 0.300. The van der Waals surface area contributed by atoms with Crippen LogP contribution in [0.25, 0.3) is 0 Å². The Morgan fingerprint density at radius 2 is 1.58 bits per heavy atom. The van der Waals surface area contributed by atoms with E-state index >= 15 is 0 Å². The lowest BCUT2D eigenvalue weighted by molar-refractivity contribution is -0.104. The molecule has 0 aromatic heterocycles. The second-order valence-electron chi connectivity index (χ2n) is 6.62. The van der Waals surface area contributed by atoms with Crippen molar-refractivity contribution in [1.29, 1.82) is 0 Å². The Kier molecular flexibility index (Phi) is 5.41. The minimum absolute atomic E-state index is 0.0437. The molecule has 1 aliphatic carbocycles. The monoisotopic (exact) mass is 428 g/mol. The molecular formula is C20H16Cl4O2. The van der Waals surface area contributed by atoms with Gasteiger partial charge in [-0.25, -0.2) is 0 Å². The van der Waals surface area contributed by atoms with E-state index in [1.54, 1.807) is 12.1 Å². The second-order valence-corrected chi connectivity index (χ2v) is 8.31. The molecule has 0 N–H and O–H groups in total. The zero-order valence-electron chi connectivity index (χ0n) is 13.8. The van der Waals surface area contributed by atoms with Crippen molar-refractivity contribution >= 4 is 46.4 Å². The van der Waals surface area contributed by atoms with Gasteiger partial charge in [-0.05, 0) is 48.2 Å². The first-order valence-electron chi connectivity index (χ1n) is 8.35. The van der Waals surface area contributed by atoms with Crippen molar-refractivity contribution in [2.45, 2.75) is 25.6 Å². The van der Waals surface area contributed by atoms with E-state index in [0.717, 1.165) is 36.3 Å². The van der Waals surface area contributed by atoms with Crippen molar-refractivity contribution in [3.05, 3.63) is 78.9 Å². The Morgan fingerprint density at radius 3 is 2.15 bits per heavy atom. The van der Waals surface area contributed by atoms with Crippen LogP contribution < -0.4 is 0 Å². The summed E-state index contributed by atoms with van der Waals surface area (Å²) in [6.07, 6.45) is 1.74. The number of fused-ring (bicyclic) bond motifs is 1. The molecule has 26 heavy (non-hydrogen) atoms. The third-order valence-electron chi connectivity index (χ3n) is 4.85. The van der Waals surface area contributed by atoms with E-state index < -0.39 is 0 Å². The van der Waals surface area contributed by atoms with Gasteiger partial charge in [-0.2, -0.15) is 0 Å². The van der Waals surface area contributed by atoms with E-state index in [0.29, 0.717) is 32.6 Å². The van der Waals surface area contributed by atoms with Crippen LogP contribution in [0.2, 0.25) is 20.1 Å². The van der Waals surface area contributed by atoms with Gasteiger partial charge in [-0.3, -0.25) is 0 Å². The predicted octanol–water partition coefficient (Wildman–Crippen LogP) is 6.73. The third kappa shape index (κ3) is 3.72. The summed E-state index contributed by atoms with van der Waals surface area (Å²) >= 11 is 24.6. The molecule has 2 aromatic rings. The van der Waals surface area contributed by atoms with Gasteiger partial charge >= 0.3 is 0 Å². The zero-order valence-corrected chi connectivity index (χ0v) is 16.8. The highest BCUT2D eigenvalue weighted by atomic mass is 35.5. The van der Waals surface area contributed by atoms with Gasteiger partial charge in [-0.1, -0.05) is 58.5 Å². The van der Waals surface area contributed by atoms with Gasteiger partial charge in [-0.15, -0.1) is 0 Å². The largest absolute Gasteiger partial charge is 0.490 e. The number of halogens is 4. The Hall–Kier alpha value is -0.900. The van der Waals surface area contributed by atoms with Crippen LogP contribution in [0, 0.1) is 5.92 Å². The number of rotatable bonds is 5. The maximum Gasteiger partial charge on any atom is 0.125 e. The normalized spacial score (nSPS) is 21.5. The zero-order chi connectivity index (χ0) is 18.3. The summed E-state index contributed by atoms with van der Waals surface area (Å²) in [5.41, 5.74) is 3.17. The predicted molar refractivity (Wildman–Crippen MR) is 106 cm³/mol. The molecule has 0 saturated carbocycles. The van der Waals surface area contributed by atoms with Crippen molar-refractivity contribution in [2.75, 3.05) is 6.61 Å². The average molecular weight is 430 g/mol. The molecule has 0 bridgehead atoms. The van der Waals surface area contributed by atoms with Gasteiger partial charge in [0.1, 0.15) is 18.5 Å². The number of hydrogen-bond donors (Lipinski definition) is 0. The van der Waals surface area contributed by atoms with E-state index in [1.165, 1.54) is 5.57 Å². The van der Waals surface area contributed by atoms with Crippen LogP contribution in [0.15, 0.2) is 47.7 Å². The Bertz CT molecular complexity index is 878. The Labute approximate surface area is 172 Å². The highest BCUT2D eigenvalue weighted by Crippen LogP contribution is 2.43. The van der Waals surface area contributed by atoms with Crippen LogP contribution in [0.3, 0.4) is 0 Å². The highest BCUT2D eigenvalue weighted by Gasteiger charge is 2.44. The number of hydrogen-bond acceptors (Lipinski definition) is 2. The molecule has 1 saturated heterocycles. The van der Waals surface area contributed by atoms with E-state index in [2.05, 4.69) is 0 Å². The maximum absolute atomic E-state index is 6.34. The van der Waals surface area contributed by atoms with Crippen molar-refractivity contribution in [3.63, 3.8) is 0 Å². The van der Waals surface area contributed by atoms with Crippen LogP contribution >= 0.6 is 46.4 Å². The van der Waals surface area contributed by atoms with E-state index in [9.17, 15) is 0 Å². The number of ether oxygens (including phenoxy) is 2. The summed E-state index contributed by atoms with van der Waals surface area (Å²) in [6, 6.07) is 11.0. The molecule has 4 rings (SSSR count). The molecule has 1 aliphatic heterocycles. The van der Waals surface area contributed by atoms with E-state index in [-0.39, 0.29) is 6.10 Å². The summed E-state index contributed by atoms with van der Waals surface area (Å²) < 4.78 is 11.9. The van der Waals surface area contributed by atoms with Gasteiger partial charge in [0.2, 0.25) is 0 Å². The highest BCUT2D eigenvalue weighted by molar-refractivity contribution is 6.35. The van der Waals surface area contributed by atoms with Gasteiger partial charge in [0.25, 0.3) is 0 Å². The first-order chi connectivity index (χ1) is 12.5. The van der Waals surface area contributed by atoms with Crippen molar-refractivity contribution < 1.29 is 9.47 Å². The molecule has 0 radical (unpaired) electrons. The van der Waals surface area contributed by atoms with E-state index in [4.69, 9.17) is 55.9 Å². The standard InChI is InChI=1S/C20H16Cl4O2/c21-15-3-1-11(17(23)7-15)5-13-6-14-10-26-20(14)19(13)25-9-12-2-4-16(22)8-18(12)24/h1-4,7-8,14,20H,5-6,9-10H2/t14?,20-/m1/s1. The third-order valence-corrected chi connectivity index (χ3v) is 6.02. The van der Waals surface area contributed by atoms with Crippen LogP contribution in [0.1, 0.15) is 17.5 Å². The summed E-state index contributed by atoms with van der Waals surface area (Å²) in [7, 11) is 0. The van der Waals surface area contributed by atoms with Crippen molar-refractivity contribution in [1.82, 2.24) is 0 Å². The first-order valence-corrected chi connectivity index (χ1v) is 9.86. The smallest absolute Gasteiger partial charge is 0.125 e. The quantitative estimate of drug-likeness (QED) is 0.524. The maximum atomic E-state index is 6.34. The molecule has 2 aromatic carbocycles. The van der Waals surface area contributed by atoms with Crippen LogP contribution in [-0.4, -0.2) is 12.7 Å². The van der Waals surface area contributed by atoms with E-state index in [1.807, 2.05) is 24.3 Å². The lowest BCUT2D eigenvalue weighted by atomic mass is 9.98. The van der Waals surface area contributed by atoms with Crippen molar-refractivity contribution in [3.8, 4) is 0 Å². The summed E-state index contributed by atoms with van der Waals surface area (Å²) in [6.45, 7) is 1.16. The first kappa shape index (κ1) is 18.5. The van der Waals surface area contributed by atoms with Gasteiger partial charge in [0.05, 0.1) is 6.61 Å². The second kappa shape index (κ2) is 7.61. The van der Waals surface area contributed by atoms with Gasteiger partial charge in [0, 0.05) is 31.6 Å². The molecule has 2 aliphatic rings. The Morgan fingerprint density at radius 1 is 0.923 bits per heavy atom. The van der Waals surface area contributed by atoms with Crippen LogP contribution in [0.5, 0.6) is 0 Å². The molecule has 1 heterocycles. The number of benzene rings is 2. The molecule has 0 spiro atoms. The van der Waals surface area contributed by atoms with Crippen LogP contribution in [-0.2, 0) is 22.5 Å². The lowest BCUT2D eigenvalue weighted by Crippen LogP contribution is -2.37. The van der Waals surface area contributed by atoms with Gasteiger partial charge in [0.15, 0.2) is 0 Å². The van der Waals surface area contributed by atoms with Crippen molar-refractivity contribution in [2.24, 2.45) is 5.92 Å². The fourth-order valence-corrected chi connectivity index (χ4v) is 4.37. The summed E-state index contributed by atoms with van der Waals surface area (Å²) in [4.78, 5) is 0. The topological polar surface area (TPSA) is 18.5 Å². The molecule has 2 atom stereocenters. The molecule has 0 amide bonds. The number of allylic oxidation sites excluding steroid dienone is 1.